The van der Waals surface area contributed by atoms with E-state index in [1.807, 2.05) is 17.5 Å². The zero-order valence-corrected chi connectivity index (χ0v) is 11.7. The quantitative estimate of drug-likeness (QED) is 0.802. The van der Waals surface area contributed by atoms with Crippen LogP contribution in [0.5, 0.6) is 0 Å². The molecule has 0 atom stereocenters. The Labute approximate surface area is 124 Å². The molecule has 2 heterocycles. The van der Waals surface area contributed by atoms with E-state index >= 15 is 0 Å². The average Bonchev–Trinajstić information content (AvgIpc) is 3.08. The Hall–Kier alpha value is -2.36. The molecule has 0 saturated carbocycles. The number of hydrogen-bond donors (Lipinski definition) is 1. The maximum Gasteiger partial charge on any atom is 0.188 e. The molecule has 0 amide bonds. The van der Waals surface area contributed by atoms with Crippen LogP contribution >= 0.6 is 22.9 Å². The minimum absolute atomic E-state index is 0.445. The number of benzene rings is 1. The fourth-order valence-corrected chi connectivity index (χ4v) is 2.45. The first-order chi connectivity index (χ1) is 9.78. The third kappa shape index (κ3) is 2.37. The smallest absolute Gasteiger partial charge is 0.188 e. The number of rotatable bonds is 3. The Bertz CT molecular complexity index is 772. The minimum Gasteiger partial charge on any atom is -0.315 e. The van der Waals surface area contributed by atoms with Crippen molar-refractivity contribution in [2.75, 3.05) is 5.32 Å². The molecule has 3 aromatic rings. The molecule has 3 rings (SSSR count). The summed E-state index contributed by atoms with van der Waals surface area (Å²) in [5.41, 5.74) is 1.22. The summed E-state index contributed by atoms with van der Waals surface area (Å²) in [5, 5.41) is 19.7. The lowest BCUT2D eigenvalue weighted by atomic mass is 10.3. The predicted molar refractivity (Wildman–Crippen MR) is 78.7 cm³/mol. The summed E-state index contributed by atoms with van der Waals surface area (Å²) >= 11 is 7.44. The van der Waals surface area contributed by atoms with Crippen LogP contribution in [-0.4, -0.2) is 14.8 Å². The van der Waals surface area contributed by atoms with Gasteiger partial charge in [0.05, 0.1) is 11.9 Å². The van der Waals surface area contributed by atoms with Crippen molar-refractivity contribution in [1.82, 2.24) is 14.8 Å². The molecule has 0 spiro atoms. The van der Waals surface area contributed by atoms with E-state index in [0.29, 0.717) is 21.5 Å². The summed E-state index contributed by atoms with van der Waals surface area (Å²) in [6.45, 7) is 0. The number of thiazole rings is 1. The molecule has 20 heavy (non-hydrogen) atoms. The number of halogens is 1. The number of hydrogen-bond acceptors (Lipinski definition) is 5. The molecule has 1 aromatic carbocycles. The molecule has 0 aliphatic heterocycles. The van der Waals surface area contributed by atoms with E-state index in [-0.39, 0.29) is 0 Å². The van der Waals surface area contributed by atoms with Gasteiger partial charge in [-0.2, -0.15) is 10.4 Å². The van der Waals surface area contributed by atoms with Crippen molar-refractivity contribution < 1.29 is 0 Å². The molecule has 0 bridgehead atoms. The summed E-state index contributed by atoms with van der Waals surface area (Å²) in [6.07, 6.45) is 3.20. The highest BCUT2D eigenvalue weighted by Crippen LogP contribution is 2.25. The van der Waals surface area contributed by atoms with E-state index in [2.05, 4.69) is 21.5 Å². The number of anilines is 2. The van der Waals surface area contributed by atoms with Crippen molar-refractivity contribution in [2.24, 2.45) is 0 Å². The SMILES string of the molecule is N#Cc1cnn(-c2cccc(Cl)c2)c1Nc1nccs1. The van der Waals surface area contributed by atoms with E-state index in [4.69, 9.17) is 11.6 Å². The fourth-order valence-electron chi connectivity index (χ4n) is 1.74. The number of nitriles is 1. The van der Waals surface area contributed by atoms with Gasteiger partial charge in [-0.3, -0.25) is 0 Å². The maximum atomic E-state index is 9.18. The van der Waals surface area contributed by atoms with E-state index in [1.165, 1.54) is 17.5 Å². The second-order valence-electron chi connectivity index (χ2n) is 3.87. The Morgan fingerprint density at radius 1 is 1.40 bits per heavy atom. The van der Waals surface area contributed by atoms with Gasteiger partial charge >= 0.3 is 0 Å². The lowest BCUT2D eigenvalue weighted by Gasteiger charge is -2.08. The van der Waals surface area contributed by atoms with Crippen molar-refractivity contribution >= 4 is 33.9 Å². The molecule has 0 saturated heterocycles. The van der Waals surface area contributed by atoms with Gasteiger partial charge in [-0.05, 0) is 18.2 Å². The Morgan fingerprint density at radius 2 is 2.30 bits per heavy atom. The van der Waals surface area contributed by atoms with Crippen LogP contribution in [0.2, 0.25) is 5.02 Å². The van der Waals surface area contributed by atoms with Crippen LogP contribution in [0.1, 0.15) is 5.56 Å². The third-order valence-corrected chi connectivity index (χ3v) is 3.52. The molecule has 5 nitrogen and oxygen atoms in total. The summed E-state index contributed by atoms with van der Waals surface area (Å²) in [4.78, 5) is 4.15. The van der Waals surface area contributed by atoms with Gasteiger partial charge in [0, 0.05) is 16.6 Å². The number of nitrogens with zero attached hydrogens (tertiary/aromatic N) is 4. The van der Waals surface area contributed by atoms with Crippen molar-refractivity contribution in [3.63, 3.8) is 0 Å². The van der Waals surface area contributed by atoms with Gasteiger partial charge in [0.15, 0.2) is 10.9 Å². The van der Waals surface area contributed by atoms with Crippen LogP contribution in [0.25, 0.3) is 5.69 Å². The first kappa shape index (κ1) is 12.7. The predicted octanol–water partition coefficient (Wildman–Crippen LogP) is 3.60. The van der Waals surface area contributed by atoms with E-state index in [9.17, 15) is 5.26 Å². The molecule has 0 radical (unpaired) electrons. The van der Waals surface area contributed by atoms with Gasteiger partial charge < -0.3 is 5.32 Å². The van der Waals surface area contributed by atoms with Gasteiger partial charge in [0.25, 0.3) is 0 Å². The van der Waals surface area contributed by atoms with Crippen molar-refractivity contribution in [2.45, 2.75) is 0 Å². The largest absolute Gasteiger partial charge is 0.315 e. The Kier molecular flexibility index (Phi) is 3.37. The summed E-state index contributed by atoms with van der Waals surface area (Å²) < 4.78 is 1.63. The van der Waals surface area contributed by atoms with E-state index in [1.54, 1.807) is 23.0 Å². The van der Waals surface area contributed by atoms with Crippen LogP contribution in [0.4, 0.5) is 10.9 Å². The van der Waals surface area contributed by atoms with Crippen LogP contribution in [0.15, 0.2) is 42.0 Å². The summed E-state index contributed by atoms with van der Waals surface area (Å²) in [6, 6.07) is 9.38. The standard InChI is InChI=1S/C13H8ClN5S/c14-10-2-1-3-11(6-10)19-12(9(7-15)8-17-19)18-13-16-4-5-20-13/h1-6,8H,(H,16,18). The van der Waals surface area contributed by atoms with Crippen LogP contribution in [-0.2, 0) is 0 Å². The maximum absolute atomic E-state index is 9.18. The second kappa shape index (κ2) is 5.33. The molecule has 7 heteroatoms. The van der Waals surface area contributed by atoms with Gasteiger partial charge in [-0.15, -0.1) is 11.3 Å². The average molecular weight is 302 g/mol. The van der Waals surface area contributed by atoms with Crippen molar-refractivity contribution in [1.29, 1.82) is 5.26 Å². The molecular formula is C13H8ClN5S. The topological polar surface area (TPSA) is 66.5 Å². The second-order valence-corrected chi connectivity index (χ2v) is 5.20. The fraction of sp³-hybridized carbons (Fsp3) is 0. The molecule has 0 unspecified atom stereocenters. The minimum atomic E-state index is 0.445. The van der Waals surface area contributed by atoms with Gasteiger partial charge in [-0.25, -0.2) is 9.67 Å². The molecule has 0 aliphatic carbocycles. The monoisotopic (exact) mass is 301 g/mol. The van der Waals surface area contributed by atoms with Crippen LogP contribution in [0, 0.1) is 11.3 Å². The highest BCUT2D eigenvalue weighted by atomic mass is 35.5. The normalized spacial score (nSPS) is 10.2. The molecule has 1 N–H and O–H groups in total. The third-order valence-electron chi connectivity index (χ3n) is 2.60. The molecular weight excluding hydrogens is 294 g/mol. The first-order valence-electron chi connectivity index (χ1n) is 5.68. The summed E-state index contributed by atoms with van der Waals surface area (Å²) in [7, 11) is 0. The number of nitrogens with one attached hydrogen (secondary N) is 1. The zero-order chi connectivity index (χ0) is 13.9. The molecule has 98 valence electrons. The highest BCUT2D eigenvalue weighted by Gasteiger charge is 2.13. The van der Waals surface area contributed by atoms with Crippen LogP contribution in [0.3, 0.4) is 0 Å². The lowest BCUT2D eigenvalue weighted by Crippen LogP contribution is -2.03. The first-order valence-corrected chi connectivity index (χ1v) is 6.94. The molecule has 0 fully saturated rings. The lowest BCUT2D eigenvalue weighted by molar-refractivity contribution is 0.888. The molecule has 2 aromatic heterocycles. The van der Waals surface area contributed by atoms with Crippen LogP contribution < -0.4 is 5.32 Å². The summed E-state index contributed by atoms with van der Waals surface area (Å²) in [5.74, 6) is 0.574. The Morgan fingerprint density at radius 3 is 3.00 bits per heavy atom. The van der Waals surface area contributed by atoms with Gasteiger partial charge in [0.1, 0.15) is 11.6 Å². The highest BCUT2D eigenvalue weighted by molar-refractivity contribution is 7.13. The van der Waals surface area contributed by atoms with E-state index < -0.39 is 0 Å². The van der Waals surface area contributed by atoms with Crippen molar-refractivity contribution in [3.8, 4) is 11.8 Å². The van der Waals surface area contributed by atoms with Gasteiger partial charge in [0.2, 0.25) is 0 Å². The van der Waals surface area contributed by atoms with Crippen molar-refractivity contribution in [3.05, 3.63) is 52.6 Å². The Balaban J connectivity index is 2.08. The van der Waals surface area contributed by atoms with Gasteiger partial charge in [-0.1, -0.05) is 17.7 Å². The zero-order valence-electron chi connectivity index (χ0n) is 10.1. The number of aromatic nitrogens is 3. The molecule has 0 aliphatic rings. The van der Waals surface area contributed by atoms with E-state index in [0.717, 1.165) is 5.69 Å².